The van der Waals surface area contributed by atoms with E-state index >= 15 is 0 Å². The number of carbonyl (C=O) groups excluding carboxylic acids is 3. The van der Waals surface area contributed by atoms with Gasteiger partial charge in [-0.1, -0.05) is 42.5 Å². The Labute approximate surface area is 146 Å². The van der Waals surface area contributed by atoms with Crippen LogP contribution in [-0.4, -0.2) is 54.3 Å². The van der Waals surface area contributed by atoms with Gasteiger partial charge in [-0.05, 0) is 22.8 Å². The molecule has 3 rings (SSSR count). The van der Waals surface area contributed by atoms with Crippen LogP contribution < -0.4 is 5.32 Å². The molecular weight excluding hydrogens is 318 g/mol. The lowest BCUT2D eigenvalue weighted by atomic mass is 10.0. The van der Waals surface area contributed by atoms with Crippen LogP contribution in [0.4, 0.5) is 4.79 Å². The molecule has 25 heavy (non-hydrogen) atoms. The molecule has 0 aromatic heterocycles. The third kappa shape index (κ3) is 3.96. The third-order valence-corrected chi connectivity index (χ3v) is 4.49. The Morgan fingerprint density at radius 3 is 2.72 bits per heavy atom. The summed E-state index contributed by atoms with van der Waals surface area (Å²) in [6.45, 7) is 0.847. The van der Waals surface area contributed by atoms with Crippen LogP contribution in [0.1, 0.15) is 12.0 Å². The van der Waals surface area contributed by atoms with E-state index in [1.165, 1.54) is 21.2 Å². The second-order valence-electron chi connectivity index (χ2n) is 6.23. The van der Waals surface area contributed by atoms with Crippen LogP contribution in [0.5, 0.6) is 0 Å². The molecule has 0 aliphatic carbocycles. The number of hydrogen-bond donors (Lipinski definition) is 1. The van der Waals surface area contributed by atoms with Crippen molar-refractivity contribution in [3.63, 3.8) is 0 Å². The van der Waals surface area contributed by atoms with Gasteiger partial charge in [0.05, 0.1) is 0 Å². The lowest BCUT2D eigenvalue weighted by molar-refractivity contribution is -0.131. The van der Waals surface area contributed by atoms with Gasteiger partial charge in [0, 0.05) is 26.6 Å². The minimum Gasteiger partial charge on any atom is -0.344 e. The molecule has 6 heteroatoms. The van der Waals surface area contributed by atoms with Crippen molar-refractivity contribution in [1.82, 2.24) is 15.1 Å². The first-order chi connectivity index (χ1) is 12.0. The van der Waals surface area contributed by atoms with Crippen LogP contribution in [0, 0.1) is 0 Å². The van der Waals surface area contributed by atoms with Crippen LogP contribution in [0.2, 0.25) is 0 Å². The topological polar surface area (TPSA) is 69.7 Å². The van der Waals surface area contributed by atoms with Crippen molar-refractivity contribution in [3.8, 4) is 0 Å². The molecule has 1 saturated heterocycles. The largest absolute Gasteiger partial charge is 0.344 e. The van der Waals surface area contributed by atoms with Crippen molar-refractivity contribution in [2.75, 3.05) is 26.7 Å². The minimum absolute atomic E-state index is 0.00878. The van der Waals surface area contributed by atoms with Gasteiger partial charge in [0.2, 0.25) is 11.8 Å². The zero-order valence-electron chi connectivity index (χ0n) is 14.2. The van der Waals surface area contributed by atoms with Crippen molar-refractivity contribution in [2.24, 2.45) is 0 Å². The number of likely N-dealkylation sites (N-methyl/N-ethyl adjacent to an activating group) is 1. The molecule has 130 valence electrons. The minimum atomic E-state index is -0.493. The van der Waals surface area contributed by atoms with E-state index in [0.717, 1.165) is 6.42 Å². The number of nitrogens with one attached hydrogen (secondary N) is 1. The zero-order valence-corrected chi connectivity index (χ0v) is 14.2. The first-order valence-corrected chi connectivity index (χ1v) is 8.34. The predicted octanol–water partition coefficient (Wildman–Crippen LogP) is 1.78. The Balaban J connectivity index is 1.58. The Morgan fingerprint density at radius 1 is 1.16 bits per heavy atom. The lowest BCUT2D eigenvalue weighted by Gasteiger charge is -2.28. The van der Waals surface area contributed by atoms with Crippen LogP contribution in [0.15, 0.2) is 42.5 Å². The Bertz CT molecular complexity index is 813. The Morgan fingerprint density at radius 2 is 1.92 bits per heavy atom. The highest BCUT2D eigenvalue weighted by Gasteiger charge is 2.25. The molecular formula is C19H21N3O3. The summed E-state index contributed by atoms with van der Waals surface area (Å²) >= 11 is 0. The number of hydrogen-bond acceptors (Lipinski definition) is 3. The molecule has 1 heterocycles. The fraction of sp³-hybridized carbons (Fsp3) is 0.316. The van der Waals surface area contributed by atoms with Gasteiger partial charge in [-0.3, -0.25) is 14.9 Å². The summed E-state index contributed by atoms with van der Waals surface area (Å²) in [6.07, 6.45) is 0.979. The van der Waals surface area contributed by atoms with Gasteiger partial charge in [-0.25, -0.2) is 4.79 Å². The molecule has 1 fully saturated rings. The molecule has 4 amide bonds. The summed E-state index contributed by atoms with van der Waals surface area (Å²) in [7, 11) is 1.74. The van der Waals surface area contributed by atoms with Crippen molar-refractivity contribution in [1.29, 1.82) is 0 Å². The SMILES string of the molecule is CN(CCc1cccc2ccccc12)C(=O)CN1CCC(=O)NC1=O. The first-order valence-electron chi connectivity index (χ1n) is 8.34. The van der Waals surface area contributed by atoms with Crippen molar-refractivity contribution in [2.45, 2.75) is 12.8 Å². The van der Waals surface area contributed by atoms with E-state index in [1.54, 1.807) is 11.9 Å². The molecule has 1 N–H and O–H groups in total. The number of carbonyl (C=O) groups is 3. The number of imide groups is 1. The predicted molar refractivity (Wildman–Crippen MR) is 95.0 cm³/mol. The van der Waals surface area contributed by atoms with E-state index in [0.29, 0.717) is 6.54 Å². The maximum absolute atomic E-state index is 12.3. The van der Waals surface area contributed by atoms with E-state index in [-0.39, 0.29) is 31.3 Å². The van der Waals surface area contributed by atoms with Gasteiger partial charge >= 0.3 is 6.03 Å². The number of rotatable bonds is 5. The molecule has 0 saturated carbocycles. The molecule has 0 unspecified atom stereocenters. The summed E-state index contributed by atoms with van der Waals surface area (Å²) in [6, 6.07) is 13.9. The quantitative estimate of drug-likeness (QED) is 0.903. The Kier molecular flexibility index (Phi) is 4.97. The number of benzene rings is 2. The van der Waals surface area contributed by atoms with Crippen molar-refractivity contribution < 1.29 is 14.4 Å². The second-order valence-corrected chi connectivity index (χ2v) is 6.23. The van der Waals surface area contributed by atoms with Crippen LogP contribution in [0.25, 0.3) is 10.8 Å². The number of fused-ring (bicyclic) bond motifs is 1. The van der Waals surface area contributed by atoms with E-state index in [9.17, 15) is 14.4 Å². The van der Waals surface area contributed by atoms with Crippen molar-refractivity contribution in [3.05, 3.63) is 48.0 Å². The summed E-state index contributed by atoms with van der Waals surface area (Å²) in [5.74, 6) is -0.428. The highest BCUT2D eigenvalue weighted by molar-refractivity contribution is 5.98. The van der Waals surface area contributed by atoms with Gasteiger partial charge in [-0.15, -0.1) is 0 Å². The molecule has 0 radical (unpaired) electrons. The number of urea groups is 1. The highest BCUT2D eigenvalue weighted by Crippen LogP contribution is 2.19. The molecule has 1 aliphatic heterocycles. The van der Waals surface area contributed by atoms with E-state index in [1.807, 2.05) is 18.2 Å². The average molecular weight is 339 g/mol. The smallest absolute Gasteiger partial charge is 0.324 e. The van der Waals surface area contributed by atoms with Crippen molar-refractivity contribution >= 4 is 28.6 Å². The summed E-state index contributed by atoms with van der Waals surface area (Å²) in [5, 5.41) is 4.61. The molecule has 2 aromatic carbocycles. The fourth-order valence-corrected chi connectivity index (χ4v) is 2.96. The molecule has 1 aliphatic rings. The summed E-state index contributed by atoms with van der Waals surface area (Å²) < 4.78 is 0. The Hall–Kier alpha value is -2.89. The van der Waals surface area contributed by atoms with Crippen LogP contribution in [0.3, 0.4) is 0 Å². The zero-order chi connectivity index (χ0) is 17.8. The lowest BCUT2D eigenvalue weighted by Crippen LogP contribution is -2.52. The van der Waals surface area contributed by atoms with Gasteiger partial charge in [0.25, 0.3) is 0 Å². The molecule has 2 aromatic rings. The fourth-order valence-electron chi connectivity index (χ4n) is 2.96. The van der Waals surface area contributed by atoms with Crippen LogP contribution >= 0.6 is 0 Å². The van der Waals surface area contributed by atoms with Crippen LogP contribution in [-0.2, 0) is 16.0 Å². The maximum atomic E-state index is 12.3. The normalized spacial score (nSPS) is 14.5. The summed E-state index contributed by atoms with van der Waals surface area (Å²) in [5.41, 5.74) is 1.19. The first kappa shape index (κ1) is 17.0. The second kappa shape index (κ2) is 7.34. The monoisotopic (exact) mass is 339 g/mol. The standard InChI is InChI=1S/C19H21N3O3/c1-21(18(24)13-22-12-10-17(23)20-19(22)25)11-9-15-7-4-6-14-5-2-3-8-16(14)15/h2-8H,9-13H2,1H3,(H,20,23,25). The summed E-state index contributed by atoms with van der Waals surface area (Å²) in [4.78, 5) is 38.2. The van der Waals surface area contributed by atoms with E-state index in [2.05, 4.69) is 29.6 Å². The van der Waals surface area contributed by atoms with Gasteiger partial charge in [0.15, 0.2) is 0 Å². The van der Waals surface area contributed by atoms with E-state index in [4.69, 9.17) is 0 Å². The van der Waals surface area contributed by atoms with Gasteiger partial charge in [-0.2, -0.15) is 0 Å². The number of nitrogens with zero attached hydrogens (tertiary/aromatic N) is 2. The maximum Gasteiger partial charge on any atom is 0.324 e. The van der Waals surface area contributed by atoms with Gasteiger partial charge < -0.3 is 9.80 Å². The molecule has 0 atom stereocenters. The average Bonchev–Trinajstić information content (AvgIpc) is 2.61. The third-order valence-electron chi connectivity index (χ3n) is 4.49. The molecule has 0 bridgehead atoms. The molecule has 0 spiro atoms. The highest BCUT2D eigenvalue weighted by atomic mass is 16.2. The van der Waals surface area contributed by atoms with E-state index < -0.39 is 6.03 Å². The number of amides is 4. The molecule has 6 nitrogen and oxygen atoms in total. The van der Waals surface area contributed by atoms with Gasteiger partial charge in [0.1, 0.15) is 6.54 Å².